The number of hydrogen-bond acceptors (Lipinski definition) is 4. The molecule has 3 N–H and O–H groups in total. The van der Waals surface area contributed by atoms with Crippen molar-refractivity contribution in [3.05, 3.63) is 18.3 Å². The fourth-order valence-corrected chi connectivity index (χ4v) is 1.40. The van der Waals surface area contributed by atoms with Gasteiger partial charge in [0.2, 0.25) is 0 Å². The number of nitrogens with one attached hydrogen (secondary N) is 1. The van der Waals surface area contributed by atoms with Crippen LogP contribution >= 0.6 is 0 Å². The molecule has 2 aromatic heterocycles. The molecule has 5 nitrogen and oxygen atoms in total. The van der Waals surface area contributed by atoms with Crippen LogP contribution in [0.1, 0.15) is 31.6 Å². The normalized spacial score (nSPS) is 13.3. The minimum Gasteiger partial charge on any atom is -0.338 e. The van der Waals surface area contributed by atoms with Crippen molar-refractivity contribution in [1.82, 2.24) is 19.9 Å². The van der Waals surface area contributed by atoms with Crippen LogP contribution in [-0.2, 0) is 0 Å². The van der Waals surface area contributed by atoms with Crippen molar-refractivity contribution in [2.45, 2.75) is 25.8 Å². The molecular formula is C9H13N5. The number of nitrogens with two attached hydrogens (primary N) is 1. The lowest BCUT2D eigenvalue weighted by Crippen LogP contribution is -2.11. The molecule has 0 amide bonds. The summed E-state index contributed by atoms with van der Waals surface area (Å²) >= 11 is 0. The first-order valence-electron chi connectivity index (χ1n) is 4.72. The lowest BCUT2D eigenvalue weighted by Gasteiger charge is -2.04. The Kier molecular flexibility index (Phi) is 2.41. The molecule has 0 saturated heterocycles. The average molecular weight is 191 g/mol. The summed E-state index contributed by atoms with van der Waals surface area (Å²) < 4.78 is 0. The molecule has 2 aromatic rings. The van der Waals surface area contributed by atoms with Crippen molar-refractivity contribution in [2.24, 2.45) is 5.73 Å². The first-order valence-corrected chi connectivity index (χ1v) is 4.72. The second-order valence-electron chi connectivity index (χ2n) is 3.28. The molecule has 0 spiro atoms. The number of fused-ring (bicyclic) bond motifs is 1. The lowest BCUT2D eigenvalue weighted by atomic mass is 10.2. The van der Waals surface area contributed by atoms with E-state index in [9.17, 15) is 0 Å². The molecule has 14 heavy (non-hydrogen) atoms. The number of nitrogens with zero attached hydrogens (tertiary/aromatic N) is 3. The number of imidazole rings is 1. The van der Waals surface area contributed by atoms with Gasteiger partial charge in [-0.05, 0) is 6.42 Å². The van der Waals surface area contributed by atoms with Gasteiger partial charge in [0.25, 0.3) is 0 Å². The van der Waals surface area contributed by atoms with Gasteiger partial charge in [-0.25, -0.2) is 15.0 Å². The maximum atomic E-state index is 5.93. The summed E-state index contributed by atoms with van der Waals surface area (Å²) in [7, 11) is 0. The SMILES string of the molecule is CCCC(N)c1nc2ncncc2[nH]1. The molecule has 0 bridgehead atoms. The summed E-state index contributed by atoms with van der Waals surface area (Å²) in [6.45, 7) is 2.10. The van der Waals surface area contributed by atoms with Gasteiger partial charge in [0, 0.05) is 0 Å². The quantitative estimate of drug-likeness (QED) is 0.762. The largest absolute Gasteiger partial charge is 0.338 e. The zero-order chi connectivity index (χ0) is 9.97. The highest BCUT2D eigenvalue weighted by Crippen LogP contribution is 2.15. The smallest absolute Gasteiger partial charge is 0.180 e. The molecule has 0 saturated carbocycles. The monoisotopic (exact) mass is 191 g/mol. The minimum atomic E-state index is -0.0331. The van der Waals surface area contributed by atoms with Crippen molar-refractivity contribution < 1.29 is 0 Å². The zero-order valence-electron chi connectivity index (χ0n) is 8.07. The predicted molar refractivity (Wildman–Crippen MR) is 53.5 cm³/mol. The van der Waals surface area contributed by atoms with Crippen molar-refractivity contribution in [1.29, 1.82) is 0 Å². The van der Waals surface area contributed by atoms with E-state index in [1.807, 2.05) is 0 Å². The third kappa shape index (κ3) is 1.58. The lowest BCUT2D eigenvalue weighted by molar-refractivity contribution is 0.610. The Bertz CT molecular complexity index is 389. The van der Waals surface area contributed by atoms with E-state index in [4.69, 9.17) is 5.73 Å². The van der Waals surface area contributed by atoms with E-state index in [0.717, 1.165) is 24.2 Å². The fraction of sp³-hybridized carbons (Fsp3) is 0.444. The average Bonchev–Trinajstić information content (AvgIpc) is 2.61. The number of rotatable bonds is 3. The van der Waals surface area contributed by atoms with E-state index in [1.165, 1.54) is 6.33 Å². The van der Waals surface area contributed by atoms with Gasteiger partial charge in [-0.15, -0.1) is 0 Å². The Labute approximate surface area is 81.8 Å². The van der Waals surface area contributed by atoms with Crippen LogP contribution in [0.3, 0.4) is 0 Å². The van der Waals surface area contributed by atoms with Gasteiger partial charge in [-0.2, -0.15) is 0 Å². The van der Waals surface area contributed by atoms with E-state index < -0.39 is 0 Å². The highest BCUT2D eigenvalue weighted by atomic mass is 15.0. The van der Waals surface area contributed by atoms with Gasteiger partial charge >= 0.3 is 0 Å². The van der Waals surface area contributed by atoms with E-state index in [-0.39, 0.29) is 6.04 Å². The van der Waals surface area contributed by atoms with Gasteiger partial charge in [0.1, 0.15) is 17.7 Å². The number of aromatic nitrogens is 4. The summed E-state index contributed by atoms with van der Waals surface area (Å²) in [5, 5.41) is 0. The van der Waals surface area contributed by atoms with Crippen LogP contribution < -0.4 is 5.73 Å². The molecule has 2 heterocycles. The van der Waals surface area contributed by atoms with Gasteiger partial charge in [0.15, 0.2) is 5.65 Å². The molecule has 0 aliphatic rings. The second kappa shape index (κ2) is 3.71. The highest BCUT2D eigenvalue weighted by Gasteiger charge is 2.10. The summed E-state index contributed by atoms with van der Waals surface area (Å²) in [6, 6.07) is -0.0331. The molecule has 0 aromatic carbocycles. The van der Waals surface area contributed by atoms with Crippen LogP contribution in [0.4, 0.5) is 0 Å². The first kappa shape index (κ1) is 9.08. The highest BCUT2D eigenvalue weighted by molar-refractivity contribution is 5.68. The Balaban J connectivity index is 2.35. The van der Waals surface area contributed by atoms with Crippen LogP contribution in [0, 0.1) is 0 Å². The predicted octanol–water partition coefficient (Wildman–Crippen LogP) is 1.15. The Morgan fingerprint density at radius 1 is 1.57 bits per heavy atom. The molecule has 0 aliphatic heterocycles. The summed E-state index contributed by atoms with van der Waals surface area (Å²) in [6.07, 6.45) is 5.16. The van der Waals surface area contributed by atoms with Gasteiger partial charge in [-0.1, -0.05) is 13.3 Å². The minimum absolute atomic E-state index is 0.0331. The summed E-state index contributed by atoms with van der Waals surface area (Å²) in [5.74, 6) is 0.794. The Morgan fingerprint density at radius 2 is 2.43 bits per heavy atom. The summed E-state index contributed by atoms with van der Waals surface area (Å²) in [5.41, 5.74) is 7.45. The molecule has 1 atom stereocenters. The van der Waals surface area contributed by atoms with Crippen LogP contribution in [0.5, 0.6) is 0 Å². The van der Waals surface area contributed by atoms with Crippen molar-refractivity contribution in [3.63, 3.8) is 0 Å². The standard InChI is InChI=1S/C9H13N5/c1-2-3-6(10)8-13-7-4-11-5-12-9(7)14-8/h4-6H,2-3,10H2,1H3,(H,11,12,13,14). The summed E-state index contributed by atoms with van der Waals surface area (Å²) in [4.78, 5) is 15.4. The molecule has 1 unspecified atom stereocenters. The molecule has 74 valence electrons. The third-order valence-corrected chi connectivity index (χ3v) is 2.13. The van der Waals surface area contributed by atoms with Crippen molar-refractivity contribution in [2.75, 3.05) is 0 Å². The topological polar surface area (TPSA) is 80.5 Å². The number of aromatic amines is 1. The maximum absolute atomic E-state index is 5.93. The van der Waals surface area contributed by atoms with Crippen LogP contribution in [0.25, 0.3) is 11.2 Å². The Hall–Kier alpha value is -1.49. The van der Waals surface area contributed by atoms with Gasteiger partial charge in [-0.3, -0.25) is 0 Å². The van der Waals surface area contributed by atoms with Crippen molar-refractivity contribution in [3.8, 4) is 0 Å². The van der Waals surface area contributed by atoms with E-state index in [2.05, 4.69) is 26.9 Å². The molecule has 0 aliphatic carbocycles. The fourth-order valence-electron chi connectivity index (χ4n) is 1.40. The second-order valence-corrected chi connectivity index (χ2v) is 3.28. The molecule has 2 rings (SSSR count). The van der Waals surface area contributed by atoms with Crippen LogP contribution in [0.2, 0.25) is 0 Å². The Morgan fingerprint density at radius 3 is 3.14 bits per heavy atom. The molecular weight excluding hydrogens is 178 g/mol. The molecule has 0 radical (unpaired) electrons. The van der Waals surface area contributed by atoms with Gasteiger partial charge < -0.3 is 10.7 Å². The van der Waals surface area contributed by atoms with Crippen LogP contribution in [0.15, 0.2) is 12.5 Å². The van der Waals surface area contributed by atoms with E-state index >= 15 is 0 Å². The zero-order valence-corrected chi connectivity index (χ0v) is 8.07. The third-order valence-electron chi connectivity index (χ3n) is 2.13. The van der Waals surface area contributed by atoms with E-state index in [0.29, 0.717) is 5.65 Å². The first-order chi connectivity index (χ1) is 6.81. The maximum Gasteiger partial charge on any atom is 0.180 e. The molecule has 0 fully saturated rings. The van der Waals surface area contributed by atoms with E-state index in [1.54, 1.807) is 6.20 Å². The van der Waals surface area contributed by atoms with Crippen molar-refractivity contribution >= 4 is 11.2 Å². The van der Waals surface area contributed by atoms with Crippen LogP contribution in [-0.4, -0.2) is 19.9 Å². The van der Waals surface area contributed by atoms with Gasteiger partial charge in [0.05, 0.1) is 12.2 Å². The number of H-pyrrole nitrogens is 1. The molecule has 5 heteroatoms. The number of hydrogen-bond donors (Lipinski definition) is 2.